The van der Waals surface area contributed by atoms with Crippen LogP contribution in [0.5, 0.6) is 5.75 Å². The summed E-state index contributed by atoms with van der Waals surface area (Å²) in [7, 11) is 1.62. The number of hydrogen-bond donors (Lipinski definition) is 2. The Bertz CT molecular complexity index is 615. The maximum atomic E-state index is 8.20. The van der Waals surface area contributed by atoms with Gasteiger partial charge in [-0.15, -0.1) is 0 Å². The topological polar surface area (TPSA) is 59.1 Å². The highest BCUT2D eigenvalue weighted by molar-refractivity contribution is 6.31. The molecule has 0 saturated heterocycles. The number of ether oxygens (including phenoxy) is 1. The van der Waals surface area contributed by atoms with E-state index < -0.39 is 0 Å². The fraction of sp³-hybridized carbons (Fsp3) is 0.0625. The van der Waals surface area contributed by atoms with E-state index in [0.29, 0.717) is 22.5 Å². The molecule has 2 aromatic rings. The first-order valence-corrected chi connectivity index (χ1v) is 5.90. The first-order chi connectivity index (χ1) is 9.13. The zero-order chi connectivity index (χ0) is 13.8. The third-order valence-corrected chi connectivity index (χ3v) is 2.97. The minimum atomic E-state index is 0.336. The molecule has 0 bridgehead atoms. The number of hydrogen-bond acceptors (Lipinski definition) is 3. The Balaban J connectivity index is 2.28. The quantitative estimate of drug-likeness (QED) is 0.647. The zero-order valence-electron chi connectivity index (χ0n) is 10.8. The van der Waals surface area contributed by atoms with Crippen molar-refractivity contribution in [2.75, 3.05) is 12.8 Å². The highest BCUT2D eigenvalue weighted by atomic mass is 16.5. The first-order valence-electron chi connectivity index (χ1n) is 5.90. The molecule has 0 spiro atoms. The van der Waals surface area contributed by atoms with Crippen LogP contribution >= 0.6 is 0 Å². The van der Waals surface area contributed by atoms with Gasteiger partial charge < -0.3 is 10.5 Å². The van der Waals surface area contributed by atoms with Gasteiger partial charge in [-0.25, -0.2) is 0 Å². The number of para-hydroxylation sites is 1. The number of rotatable bonds is 4. The van der Waals surface area contributed by atoms with Crippen molar-refractivity contribution < 1.29 is 4.74 Å². The van der Waals surface area contributed by atoms with E-state index in [-0.39, 0.29) is 0 Å². The monoisotopic (exact) mass is 252 g/mol. The van der Waals surface area contributed by atoms with Crippen LogP contribution in [0.1, 0.15) is 11.1 Å². The van der Waals surface area contributed by atoms with E-state index in [1.165, 1.54) is 0 Å². The molecule has 2 aromatic carbocycles. The van der Waals surface area contributed by atoms with Crippen molar-refractivity contribution in [3.05, 3.63) is 66.2 Å². The Labute approximate surface area is 112 Å². The lowest BCUT2D eigenvalue weighted by Crippen LogP contribution is -2.05. The molecular formula is C16H16N2O. The molecule has 0 aliphatic heterocycles. The minimum absolute atomic E-state index is 0.336. The molecule has 96 valence electrons. The molecule has 0 amide bonds. The van der Waals surface area contributed by atoms with E-state index in [9.17, 15) is 0 Å². The number of benzene rings is 2. The van der Waals surface area contributed by atoms with Gasteiger partial charge in [0.25, 0.3) is 0 Å². The summed E-state index contributed by atoms with van der Waals surface area (Å²) < 4.78 is 5.11. The molecule has 0 aromatic heterocycles. The van der Waals surface area contributed by atoms with Gasteiger partial charge in [-0.3, -0.25) is 5.41 Å². The second-order valence-electron chi connectivity index (χ2n) is 4.17. The summed E-state index contributed by atoms with van der Waals surface area (Å²) in [4.78, 5) is 0. The Morgan fingerprint density at radius 1 is 1.11 bits per heavy atom. The van der Waals surface area contributed by atoms with Gasteiger partial charge in [0.2, 0.25) is 0 Å². The van der Waals surface area contributed by atoms with Crippen LogP contribution < -0.4 is 10.5 Å². The van der Waals surface area contributed by atoms with Gasteiger partial charge in [0.15, 0.2) is 0 Å². The number of allylic oxidation sites excluding steroid dienone is 1. The molecule has 0 radical (unpaired) electrons. The fourth-order valence-electron chi connectivity index (χ4n) is 1.82. The molecule has 0 atom stereocenters. The molecule has 3 N–H and O–H groups in total. The van der Waals surface area contributed by atoms with Crippen molar-refractivity contribution in [1.29, 1.82) is 5.41 Å². The smallest absolute Gasteiger partial charge is 0.118 e. The molecule has 0 fully saturated rings. The highest BCUT2D eigenvalue weighted by Crippen LogP contribution is 2.23. The van der Waals surface area contributed by atoms with Gasteiger partial charge in [-0.05, 0) is 23.8 Å². The maximum Gasteiger partial charge on any atom is 0.118 e. The van der Waals surface area contributed by atoms with Crippen LogP contribution in [0.3, 0.4) is 0 Å². The Morgan fingerprint density at radius 2 is 1.74 bits per heavy atom. The molecule has 0 unspecified atom stereocenters. The Hall–Kier alpha value is -2.55. The number of nitrogens with two attached hydrogens (primary N) is 1. The lowest BCUT2D eigenvalue weighted by molar-refractivity contribution is 0.415. The van der Waals surface area contributed by atoms with Gasteiger partial charge in [0.1, 0.15) is 5.75 Å². The normalized spacial score (nSPS) is 9.95. The molecule has 3 heteroatoms. The van der Waals surface area contributed by atoms with Crippen LogP contribution in [-0.4, -0.2) is 12.8 Å². The van der Waals surface area contributed by atoms with Crippen molar-refractivity contribution >= 4 is 17.0 Å². The van der Waals surface area contributed by atoms with Crippen molar-refractivity contribution in [3.8, 4) is 5.75 Å². The fourth-order valence-corrected chi connectivity index (χ4v) is 1.82. The summed E-state index contributed by atoms with van der Waals surface area (Å²) in [5.41, 5.74) is 9.02. The van der Waals surface area contributed by atoms with Crippen molar-refractivity contribution in [3.63, 3.8) is 0 Å². The average molecular weight is 252 g/mol. The molecule has 2 rings (SSSR count). The van der Waals surface area contributed by atoms with E-state index in [4.69, 9.17) is 15.9 Å². The third-order valence-electron chi connectivity index (χ3n) is 2.97. The molecule has 0 aliphatic carbocycles. The maximum absolute atomic E-state index is 8.20. The van der Waals surface area contributed by atoms with Crippen LogP contribution in [0.4, 0.5) is 5.69 Å². The number of nitrogen functional groups attached to an aromatic ring is 1. The van der Waals surface area contributed by atoms with E-state index >= 15 is 0 Å². The molecule has 0 aliphatic rings. The average Bonchev–Trinajstić information content (AvgIpc) is 2.46. The van der Waals surface area contributed by atoms with E-state index in [0.717, 1.165) is 11.3 Å². The summed E-state index contributed by atoms with van der Waals surface area (Å²) in [5, 5.41) is 8.20. The number of anilines is 1. The van der Waals surface area contributed by atoms with Gasteiger partial charge in [0.05, 0.1) is 12.8 Å². The van der Waals surface area contributed by atoms with Gasteiger partial charge in [-0.1, -0.05) is 36.9 Å². The lowest BCUT2D eigenvalue weighted by Gasteiger charge is -2.11. The number of methoxy groups -OCH3 is 1. The largest absolute Gasteiger partial charge is 0.497 e. The van der Waals surface area contributed by atoms with E-state index in [1.54, 1.807) is 13.2 Å². The third kappa shape index (κ3) is 2.65. The van der Waals surface area contributed by atoms with Crippen LogP contribution in [0.2, 0.25) is 0 Å². The van der Waals surface area contributed by atoms with Crippen LogP contribution in [-0.2, 0) is 0 Å². The van der Waals surface area contributed by atoms with E-state index in [2.05, 4.69) is 6.58 Å². The van der Waals surface area contributed by atoms with Crippen LogP contribution in [0.15, 0.2) is 55.1 Å². The van der Waals surface area contributed by atoms with Crippen molar-refractivity contribution in [2.24, 2.45) is 0 Å². The molecule has 3 nitrogen and oxygen atoms in total. The van der Waals surface area contributed by atoms with Crippen molar-refractivity contribution in [2.45, 2.75) is 0 Å². The summed E-state index contributed by atoms with van der Waals surface area (Å²) in [5.74, 6) is 0.780. The van der Waals surface area contributed by atoms with Crippen LogP contribution in [0.25, 0.3) is 5.57 Å². The second-order valence-corrected chi connectivity index (χ2v) is 4.17. The standard InChI is InChI=1S/C16H16N2O/c1-11(12-7-9-13(19-2)10-8-12)16(18)14-5-3-4-6-15(14)17/h3-10,18H,1,17H2,2H3. The summed E-state index contributed by atoms with van der Waals surface area (Å²) >= 11 is 0. The van der Waals surface area contributed by atoms with E-state index in [1.807, 2.05) is 42.5 Å². The summed E-state index contributed by atoms with van der Waals surface area (Å²) in [6.45, 7) is 3.98. The molecule has 0 saturated carbocycles. The predicted molar refractivity (Wildman–Crippen MR) is 79.7 cm³/mol. The Kier molecular flexibility index (Phi) is 3.66. The molecule has 0 heterocycles. The van der Waals surface area contributed by atoms with Gasteiger partial charge >= 0.3 is 0 Å². The SMILES string of the molecule is C=C(C(=N)c1ccccc1N)c1ccc(OC)cc1. The second kappa shape index (κ2) is 5.40. The summed E-state index contributed by atoms with van der Waals surface area (Å²) in [6, 6.07) is 14.8. The van der Waals surface area contributed by atoms with Gasteiger partial charge in [-0.2, -0.15) is 0 Å². The predicted octanol–water partition coefficient (Wildman–Crippen LogP) is 3.36. The van der Waals surface area contributed by atoms with Crippen molar-refractivity contribution in [1.82, 2.24) is 0 Å². The minimum Gasteiger partial charge on any atom is -0.497 e. The molecule has 19 heavy (non-hydrogen) atoms. The molecular weight excluding hydrogens is 236 g/mol. The highest BCUT2D eigenvalue weighted by Gasteiger charge is 2.10. The number of nitrogens with one attached hydrogen (secondary N) is 1. The Morgan fingerprint density at radius 3 is 2.32 bits per heavy atom. The van der Waals surface area contributed by atoms with Gasteiger partial charge in [0, 0.05) is 16.8 Å². The summed E-state index contributed by atoms with van der Waals surface area (Å²) in [6.07, 6.45) is 0. The van der Waals surface area contributed by atoms with Crippen LogP contribution in [0, 0.1) is 5.41 Å². The first kappa shape index (κ1) is 12.9. The zero-order valence-corrected chi connectivity index (χ0v) is 10.8. The lowest BCUT2D eigenvalue weighted by atomic mass is 9.96.